The molecule has 7 heteroatoms. The summed E-state index contributed by atoms with van der Waals surface area (Å²) in [6.45, 7) is 0.487. The normalized spacial score (nSPS) is 12.6. The molecule has 27 heavy (non-hydrogen) atoms. The van der Waals surface area contributed by atoms with Gasteiger partial charge in [-0.05, 0) is 24.3 Å². The number of benzene rings is 1. The Morgan fingerprint density at radius 2 is 1.93 bits per heavy atom. The summed E-state index contributed by atoms with van der Waals surface area (Å²) in [5.41, 5.74) is 5.15. The Labute approximate surface area is 161 Å². The lowest BCUT2D eigenvalue weighted by Crippen LogP contribution is -2.12. The number of carbonyl (C=O) groups is 1. The lowest BCUT2D eigenvalue weighted by Gasteiger charge is -2.12. The van der Waals surface area contributed by atoms with Crippen LogP contribution in [0.5, 0.6) is 5.75 Å². The first-order valence-electron chi connectivity index (χ1n) is 8.52. The summed E-state index contributed by atoms with van der Waals surface area (Å²) in [5.74, 6) is 0.677. The minimum atomic E-state index is -0.0619. The average molecular weight is 381 g/mol. The molecule has 136 valence electrons. The van der Waals surface area contributed by atoms with E-state index < -0.39 is 0 Å². The fourth-order valence-electron chi connectivity index (χ4n) is 3.29. The molecule has 0 bridgehead atoms. The maximum absolute atomic E-state index is 11.8. The third-order valence-corrected chi connectivity index (χ3v) is 4.71. The number of pyridine rings is 1. The molecule has 0 aliphatic carbocycles. The van der Waals surface area contributed by atoms with Crippen LogP contribution in [0.25, 0.3) is 0 Å². The van der Waals surface area contributed by atoms with Crippen molar-refractivity contribution in [3.63, 3.8) is 0 Å². The van der Waals surface area contributed by atoms with Crippen molar-refractivity contribution in [3.05, 3.63) is 81.7 Å². The van der Waals surface area contributed by atoms with Gasteiger partial charge in [0.1, 0.15) is 17.2 Å². The van der Waals surface area contributed by atoms with Crippen LogP contribution < -0.4 is 10.1 Å². The molecule has 1 aromatic carbocycles. The highest BCUT2D eigenvalue weighted by atomic mass is 35.5. The van der Waals surface area contributed by atoms with E-state index in [2.05, 4.69) is 20.3 Å². The van der Waals surface area contributed by atoms with E-state index in [1.165, 1.54) is 0 Å². The van der Waals surface area contributed by atoms with Gasteiger partial charge in [0.25, 0.3) is 5.91 Å². The van der Waals surface area contributed by atoms with Gasteiger partial charge in [-0.3, -0.25) is 4.79 Å². The molecule has 0 radical (unpaired) electrons. The predicted octanol–water partition coefficient (Wildman–Crippen LogP) is 2.96. The second-order valence-corrected chi connectivity index (χ2v) is 6.66. The number of methoxy groups -OCH3 is 1. The van der Waals surface area contributed by atoms with Crippen LogP contribution in [-0.4, -0.2) is 28.0 Å². The Hall–Kier alpha value is -2.99. The van der Waals surface area contributed by atoms with Crippen molar-refractivity contribution in [1.29, 1.82) is 0 Å². The Balaban J connectivity index is 1.60. The Morgan fingerprint density at radius 1 is 1.11 bits per heavy atom. The Kier molecular flexibility index (Phi) is 4.73. The molecule has 1 N–H and O–H groups in total. The molecule has 6 nitrogen and oxygen atoms in total. The first-order chi connectivity index (χ1) is 13.1. The molecular formula is C20H17ClN4O2. The van der Waals surface area contributed by atoms with Crippen LogP contribution in [0.2, 0.25) is 5.15 Å². The lowest BCUT2D eigenvalue weighted by molar-refractivity contribution is 0.0965. The average Bonchev–Trinajstić information content (AvgIpc) is 3.03. The Bertz CT molecular complexity index is 1020. The monoisotopic (exact) mass is 380 g/mol. The highest BCUT2D eigenvalue weighted by Gasteiger charge is 2.24. The van der Waals surface area contributed by atoms with E-state index in [0.717, 1.165) is 34.0 Å². The van der Waals surface area contributed by atoms with Crippen LogP contribution in [0, 0.1) is 0 Å². The number of amides is 1. The van der Waals surface area contributed by atoms with Gasteiger partial charge in [0.2, 0.25) is 0 Å². The predicted molar refractivity (Wildman–Crippen MR) is 101 cm³/mol. The third kappa shape index (κ3) is 3.61. The number of carbonyl (C=O) groups excluding carboxylic acids is 1. The van der Waals surface area contributed by atoms with Gasteiger partial charge in [-0.1, -0.05) is 23.7 Å². The number of fused-ring (bicyclic) bond motifs is 1. The minimum Gasteiger partial charge on any atom is -0.496 e. The lowest BCUT2D eigenvalue weighted by atomic mass is 10.0. The first kappa shape index (κ1) is 17.4. The van der Waals surface area contributed by atoms with E-state index in [1.54, 1.807) is 19.5 Å². The zero-order chi connectivity index (χ0) is 18.8. The smallest absolute Gasteiger partial charge is 0.252 e. The van der Waals surface area contributed by atoms with Crippen LogP contribution >= 0.6 is 11.6 Å². The maximum Gasteiger partial charge on any atom is 0.252 e. The second kappa shape index (κ2) is 7.32. The summed E-state index contributed by atoms with van der Waals surface area (Å²) < 4.78 is 5.59. The molecule has 0 unspecified atom stereocenters. The van der Waals surface area contributed by atoms with E-state index in [9.17, 15) is 4.79 Å². The van der Waals surface area contributed by atoms with Crippen molar-refractivity contribution in [2.45, 2.75) is 19.4 Å². The van der Waals surface area contributed by atoms with Crippen molar-refractivity contribution in [3.8, 4) is 5.75 Å². The SMILES string of the molecule is COc1c(Cc2cc(Cc3cccc(Cl)n3)ncn2)ccc2c1CNC2=O. The number of ether oxygens (including phenoxy) is 1. The zero-order valence-corrected chi connectivity index (χ0v) is 15.5. The van der Waals surface area contributed by atoms with Gasteiger partial charge in [0.15, 0.2) is 0 Å². The number of hydrogen-bond donors (Lipinski definition) is 1. The van der Waals surface area contributed by atoms with E-state index in [4.69, 9.17) is 16.3 Å². The summed E-state index contributed by atoms with van der Waals surface area (Å²) in [4.78, 5) is 24.9. The standard InChI is InChI=1S/C20H17ClN4O2/c1-27-19-12(5-6-16-17(19)10-22-20(16)26)7-14-9-15(24-11-23-14)8-13-3-2-4-18(21)25-13/h2-6,9,11H,7-8,10H2,1H3,(H,22,26). The second-order valence-electron chi connectivity index (χ2n) is 6.27. The van der Waals surface area contributed by atoms with Crippen molar-refractivity contribution in [2.24, 2.45) is 0 Å². The van der Waals surface area contributed by atoms with E-state index in [1.807, 2.05) is 30.3 Å². The van der Waals surface area contributed by atoms with Crippen molar-refractivity contribution >= 4 is 17.5 Å². The van der Waals surface area contributed by atoms with Crippen molar-refractivity contribution in [2.75, 3.05) is 7.11 Å². The molecule has 0 atom stereocenters. The number of nitrogens with one attached hydrogen (secondary N) is 1. The van der Waals surface area contributed by atoms with Gasteiger partial charge in [-0.2, -0.15) is 0 Å². The minimum absolute atomic E-state index is 0.0619. The van der Waals surface area contributed by atoms with Crippen molar-refractivity contribution < 1.29 is 9.53 Å². The molecule has 0 spiro atoms. The topological polar surface area (TPSA) is 77.0 Å². The number of halogens is 1. The summed E-state index contributed by atoms with van der Waals surface area (Å²) >= 11 is 5.95. The molecule has 2 aromatic heterocycles. The fraction of sp³-hybridized carbons (Fsp3) is 0.200. The molecule has 0 saturated heterocycles. The number of nitrogens with zero attached hydrogens (tertiary/aromatic N) is 3. The molecule has 3 heterocycles. The van der Waals surface area contributed by atoms with E-state index >= 15 is 0 Å². The zero-order valence-electron chi connectivity index (χ0n) is 14.7. The van der Waals surface area contributed by atoms with Crippen LogP contribution in [0.1, 0.15) is 38.6 Å². The highest BCUT2D eigenvalue weighted by Crippen LogP contribution is 2.31. The molecule has 3 aromatic rings. The first-order valence-corrected chi connectivity index (χ1v) is 8.90. The summed E-state index contributed by atoms with van der Waals surface area (Å²) in [5, 5.41) is 3.29. The van der Waals surface area contributed by atoms with Crippen LogP contribution in [-0.2, 0) is 19.4 Å². The highest BCUT2D eigenvalue weighted by molar-refractivity contribution is 6.29. The van der Waals surface area contributed by atoms with Crippen LogP contribution in [0.15, 0.2) is 42.7 Å². The quantitative estimate of drug-likeness (QED) is 0.688. The number of aromatic nitrogens is 3. The van der Waals surface area contributed by atoms with Gasteiger partial charge in [-0.25, -0.2) is 15.0 Å². The number of hydrogen-bond acceptors (Lipinski definition) is 5. The molecule has 0 saturated carbocycles. The van der Waals surface area contributed by atoms with E-state index in [-0.39, 0.29) is 5.91 Å². The van der Waals surface area contributed by atoms with Crippen LogP contribution in [0.4, 0.5) is 0 Å². The summed E-state index contributed by atoms with van der Waals surface area (Å²) in [6.07, 6.45) is 2.72. The fourth-order valence-corrected chi connectivity index (χ4v) is 3.47. The maximum atomic E-state index is 11.8. The molecular weight excluding hydrogens is 364 g/mol. The third-order valence-electron chi connectivity index (χ3n) is 4.50. The van der Waals surface area contributed by atoms with Crippen molar-refractivity contribution in [1.82, 2.24) is 20.3 Å². The summed E-state index contributed by atoms with van der Waals surface area (Å²) in [6, 6.07) is 11.3. The molecule has 1 aliphatic rings. The Morgan fingerprint density at radius 3 is 2.70 bits per heavy atom. The van der Waals surface area contributed by atoms with Gasteiger partial charge < -0.3 is 10.1 Å². The van der Waals surface area contributed by atoms with E-state index in [0.29, 0.717) is 30.1 Å². The largest absolute Gasteiger partial charge is 0.496 e. The van der Waals surface area contributed by atoms with Gasteiger partial charge >= 0.3 is 0 Å². The molecule has 0 fully saturated rings. The van der Waals surface area contributed by atoms with Crippen LogP contribution in [0.3, 0.4) is 0 Å². The van der Waals surface area contributed by atoms with Gasteiger partial charge in [0.05, 0.1) is 7.11 Å². The molecule has 1 aliphatic heterocycles. The molecule has 4 rings (SSSR count). The number of rotatable bonds is 5. The van der Waals surface area contributed by atoms with Gasteiger partial charge in [-0.15, -0.1) is 0 Å². The molecule has 1 amide bonds. The van der Waals surface area contributed by atoms with Gasteiger partial charge in [0, 0.05) is 53.2 Å². The summed E-state index contributed by atoms with van der Waals surface area (Å²) in [7, 11) is 1.62.